The maximum absolute atomic E-state index is 12.8. The van der Waals surface area contributed by atoms with E-state index in [9.17, 15) is 9.59 Å². The third-order valence-electron chi connectivity index (χ3n) is 12.6. The van der Waals surface area contributed by atoms with Gasteiger partial charge in [0, 0.05) is 50.5 Å². The molecule has 4 N–H and O–H groups in total. The average molecular weight is 878 g/mol. The Morgan fingerprint density at radius 2 is 1.10 bits per heavy atom. The van der Waals surface area contributed by atoms with Crippen molar-refractivity contribution in [3.05, 3.63) is 11.9 Å². The van der Waals surface area contributed by atoms with Gasteiger partial charge < -0.3 is 29.9 Å². The summed E-state index contributed by atoms with van der Waals surface area (Å²) in [5.41, 5.74) is 7.03. The normalized spacial score (nSPS) is 15.9. The average Bonchev–Trinajstić information content (AvgIpc) is 3.65. The molecule has 1 unspecified atom stereocenters. The Morgan fingerprint density at radius 3 is 1.65 bits per heavy atom. The first-order valence-electron chi connectivity index (χ1n) is 26.5. The molecule has 0 aromatic heterocycles. The van der Waals surface area contributed by atoms with Crippen molar-refractivity contribution in [3.8, 4) is 0 Å². The lowest BCUT2D eigenvalue weighted by Gasteiger charge is -2.25. The fraction of sp³-hybridized carbons (Fsp3) is 0.923. The number of nitrogens with zero attached hydrogens (tertiary/aromatic N) is 3. The summed E-state index contributed by atoms with van der Waals surface area (Å²) in [7, 11) is 4.01. The Bertz CT molecular complexity index is 1040. The highest BCUT2D eigenvalue weighted by atomic mass is 16.5. The predicted octanol–water partition coefficient (Wildman–Crippen LogP) is 12.4. The molecular weight excluding hydrogens is 775 g/mol. The molecule has 1 saturated heterocycles. The van der Waals surface area contributed by atoms with E-state index >= 15 is 0 Å². The summed E-state index contributed by atoms with van der Waals surface area (Å²) < 4.78 is 17.9. The smallest absolute Gasteiger partial charge is 0.306 e. The van der Waals surface area contributed by atoms with Gasteiger partial charge in [0.25, 0.3) is 0 Å². The lowest BCUT2D eigenvalue weighted by molar-refractivity contribution is -0.150. The fourth-order valence-corrected chi connectivity index (χ4v) is 8.79. The zero-order valence-electron chi connectivity index (χ0n) is 41.6. The molecule has 10 nitrogen and oxygen atoms in total. The highest BCUT2D eigenvalue weighted by Crippen LogP contribution is 2.23. The Kier molecular flexibility index (Phi) is 39.2. The summed E-state index contributed by atoms with van der Waals surface area (Å²) in [6.45, 7) is 11.3. The molecule has 1 fully saturated rings. The molecule has 2 atom stereocenters. The van der Waals surface area contributed by atoms with Crippen LogP contribution in [0.3, 0.4) is 0 Å². The number of hydrazine groups is 1. The minimum Gasteiger partial charge on any atom is -0.466 e. The van der Waals surface area contributed by atoms with E-state index in [0.29, 0.717) is 38.6 Å². The predicted molar refractivity (Wildman–Crippen MR) is 262 cm³/mol. The fourth-order valence-electron chi connectivity index (χ4n) is 8.79. The summed E-state index contributed by atoms with van der Waals surface area (Å²) in [6.07, 6.45) is 40.8. The van der Waals surface area contributed by atoms with Gasteiger partial charge >= 0.3 is 11.9 Å². The van der Waals surface area contributed by atoms with E-state index in [4.69, 9.17) is 25.8 Å². The van der Waals surface area contributed by atoms with Gasteiger partial charge in [-0.15, -0.1) is 0 Å². The number of rotatable bonds is 45. The summed E-state index contributed by atoms with van der Waals surface area (Å²) in [4.78, 5) is 29.7. The second-order valence-corrected chi connectivity index (χ2v) is 19.1. The summed E-state index contributed by atoms with van der Waals surface area (Å²) >= 11 is 0. The standard InChI is InChI=1S/C52H103N5O5/c1-6-9-12-15-18-19-20-26-34-41-61-51(58)37-31-27-32-39-56-45-48(57(54)44-47(53)43-55(4)5)42-49(56)46-60-40-33-25-21-24-30-38-52(59)62-50(35-28-22-16-13-10-7-2)36-29-23-17-14-11-8-3/h44,48-50H,6-43,45-46,53-54H2,1-5H3/b47-44-/t48-,49?/m0/s1. The van der Waals surface area contributed by atoms with Crippen molar-refractivity contribution in [1.82, 2.24) is 14.8 Å². The Labute approximate surface area is 383 Å². The second kappa shape index (κ2) is 41.8. The van der Waals surface area contributed by atoms with Gasteiger partial charge in [-0.05, 0) is 84.8 Å². The minimum atomic E-state index is -0.0539. The first-order chi connectivity index (χ1) is 30.2. The molecule has 0 aliphatic carbocycles. The van der Waals surface area contributed by atoms with Crippen molar-refractivity contribution in [2.75, 3.05) is 53.6 Å². The third kappa shape index (κ3) is 34.5. The van der Waals surface area contributed by atoms with Gasteiger partial charge in [0.05, 0.1) is 19.3 Å². The van der Waals surface area contributed by atoms with Crippen LogP contribution in [0, 0.1) is 0 Å². The van der Waals surface area contributed by atoms with Gasteiger partial charge in [0.2, 0.25) is 0 Å². The second-order valence-electron chi connectivity index (χ2n) is 19.1. The molecule has 0 saturated carbocycles. The van der Waals surface area contributed by atoms with Crippen molar-refractivity contribution < 1.29 is 23.8 Å². The maximum Gasteiger partial charge on any atom is 0.306 e. The quantitative estimate of drug-likeness (QED) is 0.0264. The Hall–Kier alpha value is -1.88. The number of unbranched alkanes of at least 4 members (excludes halogenated alkanes) is 24. The molecule has 1 aliphatic heterocycles. The molecule has 0 bridgehead atoms. The molecule has 0 aromatic rings. The summed E-state index contributed by atoms with van der Waals surface area (Å²) in [5, 5.41) is 1.80. The van der Waals surface area contributed by atoms with Crippen LogP contribution in [-0.4, -0.2) is 98.5 Å². The van der Waals surface area contributed by atoms with E-state index in [0.717, 1.165) is 109 Å². The summed E-state index contributed by atoms with van der Waals surface area (Å²) in [6, 6.07) is 0.473. The van der Waals surface area contributed by atoms with Gasteiger partial charge in [-0.25, -0.2) is 5.84 Å². The van der Waals surface area contributed by atoms with Crippen LogP contribution < -0.4 is 11.6 Å². The number of nitrogens with two attached hydrogens (primary N) is 2. The molecule has 10 heteroatoms. The number of carbonyl (C=O) groups is 2. The van der Waals surface area contributed by atoms with Crippen LogP contribution in [0.15, 0.2) is 11.9 Å². The van der Waals surface area contributed by atoms with E-state index < -0.39 is 0 Å². The lowest BCUT2D eigenvalue weighted by atomic mass is 10.0. The highest BCUT2D eigenvalue weighted by molar-refractivity contribution is 5.69. The van der Waals surface area contributed by atoms with Gasteiger partial charge in [-0.2, -0.15) is 0 Å². The van der Waals surface area contributed by atoms with Crippen molar-refractivity contribution in [2.24, 2.45) is 11.6 Å². The SMILES string of the molecule is CCCCCCCCCCCOC(=O)CCCCCN1C[C@@H](N(N)/C=C(\N)CN(C)C)CC1COCCCCCCCC(=O)OC(CCCCCCCC)CCCCCCCC. The molecule has 1 aliphatic rings. The molecule has 0 radical (unpaired) electrons. The largest absolute Gasteiger partial charge is 0.466 e. The van der Waals surface area contributed by atoms with Gasteiger partial charge in [0.15, 0.2) is 0 Å². The maximum atomic E-state index is 12.8. The number of carbonyl (C=O) groups excluding carboxylic acids is 2. The van der Waals surface area contributed by atoms with Crippen LogP contribution in [-0.2, 0) is 23.8 Å². The van der Waals surface area contributed by atoms with Gasteiger partial charge in [-0.1, -0.05) is 162 Å². The van der Waals surface area contributed by atoms with E-state index in [1.807, 2.05) is 25.2 Å². The van der Waals surface area contributed by atoms with E-state index in [-0.39, 0.29) is 24.1 Å². The van der Waals surface area contributed by atoms with Gasteiger partial charge in [-0.3, -0.25) is 14.5 Å². The zero-order valence-corrected chi connectivity index (χ0v) is 41.6. The first-order valence-corrected chi connectivity index (χ1v) is 26.5. The molecule has 1 heterocycles. The van der Waals surface area contributed by atoms with Crippen LogP contribution in [0.5, 0.6) is 0 Å². The van der Waals surface area contributed by atoms with Crippen molar-refractivity contribution in [1.29, 1.82) is 0 Å². The summed E-state index contributed by atoms with van der Waals surface area (Å²) in [5.74, 6) is 6.50. The minimum absolute atomic E-state index is 0.00346. The Balaban J connectivity index is 2.37. The molecule has 0 amide bonds. The van der Waals surface area contributed by atoms with Gasteiger partial charge in [0.1, 0.15) is 6.10 Å². The zero-order chi connectivity index (χ0) is 45.3. The van der Waals surface area contributed by atoms with Crippen molar-refractivity contribution in [2.45, 2.75) is 257 Å². The monoisotopic (exact) mass is 878 g/mol. The van der Waals surface area contributed by atoms with Crippen LogP contribution in [0.2, 0.25) is 0 Å². The molecule has 0 aromatic carbocycles. The number of likely N-dealkylation sites (tertiary alicyclic amines) is 1. The number of hydrogen-bond acceptors (Lipinski definition) is 10. The van der Waals surface area contributed by atoms with Crippen LogP contribution in [0.4, 0.5) is 0 Å². The van der Waals surface area contributed by atoms with E-state index in [2.05, 4.69) is 25.7 Å². The molecular formula is C52H103N5O5. The van der Waals surface area contributed by atoms with Crippen LogP contribution >= 0.6 is 0 Å². The van der Waals surface area contributed by atoms with E-state index in [1.165, 1.54) is 122 Å². The molecule has 62 heavy (non-hydrogen) atoms. The van der Waals surface area contributed by atoms with E-state index in [1.54, 1.807) is 5.01 Å². The van der Waals surface area contributed by atoms with Crippen LogP contribution in [0.1, 0.15) is 239 Å². The molecule has 366 valence electrons. The van der Waals surface area contributed by atoms with Crippen LogP contribution in [0.25, 0.3) is 0 Å². The first kappa shape index (κ1) is 58.1. The number of hydrogen-bond donors (Lipinski definition) is 2. The number of esters is 2. The number of likely N-dealkylation sites (N-methyl/N-ethyl adjacent to an activating group) is 1. The number of ether oxygens (including phenoxy) is 3. The third-order valence-corrected chi connectivity index (χ3v) is 12.6. The highest BCUT2D eigenvalue weighted by Gasteiger charge is 2.34. The van der Waals surface area contributed by atoms with Crippen molar-refractivity contribution >= 4 is 11.9 Å². The Morgan fingerprint density at radius 1 is 0.629 bits per heavy atom. The van der Waals surface area contributed by atoms with Crippen molar-refractivity contribution in [3.63, 3.8) is 0 Å². The lowest BCUT2D eigenvalue weighted by Crippen LogP contribution is -2.40. The molecule has 1 rings (SSSR count). The topological polar surface area (TPSA) is 124 Å². The molecule has 0 spiro atoms.